The molecule has 102 valence electrons. The third-order valence-corrected chi connectivity index (χ3v) is 2.68. The minimum Gasteiger partial charge on any atom is -0.338 e. The first kappa shape index (κ1) is 13.8. The van der Waals surface area contributed by atoms with E-state index in [0.29, 0.717) is 23.7 Å². The summed E-state index contributed by atoms with van der Waals surface area (Å²) in [7, 11) is 0. The van der Waals surface area contributed by atoms with Crippen LogP contribution in [0, 0.1) is 25.7 Å². The molecule has 0 radical (unpaired) electrons. The predicted octanol–water partition coefficient (Wildman–Crippen LogP) is 1.85. The van der Waals surface area contributed by atoms with Crippen molar-refractivity contribution in [3.8, 4) is 11.8 Å². The van der Waals surface area contributed by atoms with Crippen molar-refractivity contribution < 1.29 is 9.32 Å². The third kappa shape index (κ3) is 3.25. The number of anilines is 1. The van der Waals surface area contributed by atoms with Gasteiger partial charge in [0, 0.05) is 17.2 Å². The Hall–Kier alpha value is -2.58. The lowest BCUT2D eigenvalue weighted by Gasteiger charge is -2.04. The molecule has 0 aliphatic heterocycles. The van der Waals surface area contributed by atoms with Crippen LogP contribution in [0.15, 0.2) is 28.8 Å². The Balaban J connectivity index is 2.16. The molecule has 0 fully saturated rings. The normalized spacial score (nSPS) is 9.75. The van der Waals surface area contributed by atoms with Crippen LogP contribution in [0.25, 0.3) is 0 Å². The number of hydrogen-bond acceptors (Lipinski definition) is 4. The largest absolute Gasteiger partial charge is 0.338 e. The van der Waals surface area contributed by atoms with Gasteiger partial charge in [-0.1, -0.05) is 17.0 Å². The molecule has 2 rings (SSSR count). The second-order valence-electron chi connectivity index (χ2n) is 4.32. The van der Waals surface area contributed by atoms with E-state index in [-0.39, 0.29) is 5.91 Å². The molecule has 5 nitrogen and oxygen atoms in total. The molecule has 0 spiro atoms. The highest BCUT2D eigenvalue weighted by Crippen LogP contribution is 2.14. The molecule has 0 bridgehead atoms. The number of hydrogen-bond donors (Lipinski definition) is 2. The van der Waals surface area contributed by atoms with Crippen molar-refractivity contribution in [2.45, 2.75) is 13.8 Å². The predicted molar refractivity (Wildman–Crippen MR) is 76.3 cm³/mol. The molecular formula is C15H15N3O2. The van der Waals surface area contributed by atoms with Crippen LogP contribution < -0.4 is 11.1 Å². The molecule has 1 aromatic heterocycles. The molecule has 5 heteroatoms. The van der Waals surface area contributed by atoms with Gasteiger partial charge in [0.1, 0.15) is 0 Å². The van der Waals surface area contributed by atoms with E-state index in [9.17, 15) is 4.79 Å². The number of aryl methyl sites for hydroxylation is 2. The molecule has 1 aromatic carbocycles. The Labute approximate surface area is 117 Å². The highest BCUT2D eigenvalue weighted by atomic mass is 16.5. The molecule has 0 saturated heterocycles. The second-order valence-corrected chi connectivity index (χ2v) is 4.32. The van der Waals surface area contributed by atoms with Crippen LogP contribution in [0.5, 0.6) is 0 Å². The lowest BCUT2D eigenvalue weighted by molar-refractivity contribution is 0.102. The summed E-state index contributed by atoms with van der Waals surface area (Å²) in [5, 5.41) is 6.35. The van der Waals surface area contributed by atoms with E-state index < -0.39 is 0 Å². The Morgan fingerprint density at radius 1 is 1.40 bits per heavy atom. The van der Waals surface area contributed by atoms with E-state index in [1.807, 2.05) is 6.92 Å². The summed E-state index contributed by atoms with van der Waals surface area (Å²) in [6.45, 7) is 4.00. The fourth-order valence-electron chi connectivity index (χ4n) is 1.70. The van der Waals surface area contributed by atoms with Gasteiger partial charge in [-0.05, 0) is 37.6 Å². The van der Waals surface area contributed by atoms with Crippen LogP contribution in [0.2, 0.25) is 0 Å². The van der Waals surface area contributed by atoms with E-state index >= 15 is 0 Å². The maximum atomic E-state index is 12.0. The Morgan fingerprint density at radius 2 is 2.20 bits per heavy atom. The number of amides is 1. The summed E-state index contributed by atoms with van der Waals surface area (Å²) >= 11 is 0. The van der Waals surface area contributed by atoms with Crippen LogP contribution >= 0.6 is 0 Å². The van der Waals surface area contributed by atoms with Crippen molar-refractivity contribution in [3.05, 3.63) is 46.6 Å². The van der Waals surface area contributed by atoms with Crippen molar-refractivity contribution >= 4 is 11.8 Å². The molecule has 1 amide bonds. The van der Waals surface area contributed by atoms with Gasteiger partial charge in [-0.15, -0.1) is 0 Å². The summed E-state index contributed by atoms with van der Waals surface area (Å²) in [5.41, 5.74) is 8.37. The number of nitrogens with zero attached hydrogens (tertiary/aromatic N) is 1. The van der Waals surface area contributed by atoms with Gasteiger partial charge < -0.3 is 10.3 Å². The standard InChI is InChI=1S/C15H15N3O2/c1-10-8-13(6-5-12(10)4-3-7-16)15(19)17-14-9-11(2)18-20-14/h5-6,8-9H,7,16H2,1-2H3,(H,17,19). The van der Waals surface area contributed by atoms with Gasteiger partial charge in [0.15, 0.2) is 0 Å². The second kappa shape index (κ2) is 6.04. The van der Waals surface area contributed by atoms with E-state index in [4.69, 9.17) is 10.3 Å². The molecule has 1 heterocycles. The Bertz CT molecular complexity index is 693. The number of carbonyl (C=O) groups excluding carboxylic acids is 1. The first-order valence-electron chi connectivity index (χ1n) is 6.14. The third-order valence-electron chi connectivity index (χ3n) is 2.68. The summed E-state index contributed by atoms with van der Waals surface area (Å²) in [6.07, 6.45) is 0. The number of rotatable bonds is 2. The summed E-state index contributed by atoms with van der Waals surface area (Å²) < 4.78 is 4.95. The summed E-state index contributed by atoms with van der Waals surface area (Å²) in [5.74, 6) is 5.83. The molecule has 0 aliphatic carbocycles. The minimum atomic E-state index is -0.248. The zero-order valence-corrected chi connectivity index (χ0v) is 11.4. The van der Waals surface area contributed by atoms with Gasteiger partial charge in [0.2, 0.25) is 5.88 Å². The maximum absolute atomic E-state index is 12.0. The quantitative estimate of drug-likeness (QED) is 0.815. The number of nitrogens with two attached hydrogens (primary N) is 1. The minimum absolute atomic E-state index is 0.248. The van der Waals surface area contributed by atoms with Crippen LogP contribution in [0.1, 0.15) is 27.2 Å². The zero-order valence-electron chi connectivity index (χ0n) is 11.4. The molecular weight excluding hydrogens is 254 g/mol. The maximum Gasteiger partial charge on any atom is 0.258 e. The van der Waals surface area contributed by atoms with E-state index in [2.05, 4.69) is 22.3 Å². The number of nitrogens with one attached hydrogen (secondary N) is 1. The van der Waals surface area contributed by atoms with Crippen molar-refractivity contribution in [1.29, 1.82) is 0 Å². The van der Waals surface area contributed by atoms with Crippen molar-refractivity contribution in [2.75, 3.05) is 11.9 Å². The highest BCUT2D eigenvalue weighted by molar-refractivity contribution is 6.03. The Morgan fingerprint density at radius 3 is 2.80 bits per heavy atom. The summed E-state index contributed by atoms with van der Waals surface area (Å²) in [6, 6.07) is 6.95. The fourth-order valence-corrected chi connectivity index (χ4v) is 1.70. The lowest BCUT2D eigenvalue weighted by atomic mass is 10.0. The molecule has 0 saturated carbocycles. The SMILES string of the molecule is Cc1cc(NC(=O)c2ccc(C#CCN)c(C)c2)on1. The van der Waals surface area contributed by atoms with Gasteiger partial charge in [0.25, 0.3) is 5.91 Å². The van der Waals surface area contributed by atoms with E-state index in [1.54, 1.807) is 31.2 Å². The van der Waals surface area contributed by atoms with Crippen molar-refractivity contribution in [1.82, 2.24) is 5.16 Å². The van der Waals surface area contributed by atoms with Crippen LogP contribution in [-0.2, 0) is 0 Å². The molecule has 0 atom stereocenters. The average Bonchev–Trinajstić information content (AvgIpc) is 2.82. The summed E-state index contributed by atoms with van der Waals surface area (Å²) in [4.78, 5) is 12.0. The first-order valence-corrected chi connectivity index (χ1v) is 6.14. The van der Waals surface area contributed by atoms with E-state index in [0.717, 1.165) is 11.1 Å². The van der Waals surface area contributed by atoms with Gasteiger partial charge in [-0.3, -0.25) is 10.1 Å². The first-order chi connectivity index (χ1) is 9.60. The molecule has 0 unspecified atom stereocenters. The van der Waals surface area contributed by atoms with Gasteiger partial charge in [-0.25, -0.2) is 0 Å². The van der Waals surface area contributed by atoms with Crippen LogP contribution in [0.4, 0.5) is 5.88 Å². The number of carbonyl (C=O) groups is 1. The number of benzene rings is 1. The topological polar surface area (TPSA) is 81.2 Å². The number of aromatic nitrogens is 1. The zero-order chi connectivity index (χ0) is 14.5. The molecule has 2 aromatic rings. The highest BCUT2D eigenvalue weighted by Gasteiger charge is 2.10. The van der Waals surface area contributed by atoms with Gasteiger partial charge in [0.05, 0.1) is 12.2 Å². The molecule has 3 N–H and O–H groups in total. The fraction of sp³-hybridized carbons (Fsp3) is 0.200. The average molecular weight is 269 g/mol. The van der Waals surface area contributed by atoms with Crippen LogP contribution in [0.3, 0.4) is 0 Å². The van der Waals surface area contributed by atoms with E-state index in [1.165, 1.54) is 0 Å². The van der Waals surface area contributed by atoms with Crippen molar-refractivity contribution in [2.24, 2.45) is 5.73 Å². The monoisotopic (exact) mass is 269 g/mol. The molecule has 0 aliphatic rings. The van der Waals surface area contributed by atoms with Crippen LogP contribution in [-0.4, -0.2) is 17.6 Å². The van der Waals surface area contributed by atoms with Gasteiger partial charge in [-0.2, -0.15) is 0 Å². The smallest absolute Gasteiger partial charge is 0.258 e. The lowest BCUT2D eigenvalue weighted by Crippen LogP contribution is -2.11. The van der Waals surface area contributed by atoms with Crippen molar-refractivity contribution in [3.63, 3.8) is 0 Å². The molecule has 20 heavy (non-hydrogen) atoms. The Kier molecular flexibility index (Phi) is 4.18. The van der Waals surface area contributed by atoms with Gasteiger partial charge >= 0.3 is 0 Å².